The molecule has 0 aliphatic heterocycles. The van der Waals surface area contributed by atoms with E-state index in [2.05, 4.69) is 59.3 Å². The van der Waals surface area contributed by atoms with Crippen LogP contribution >= 0.6 is 15.9 Å². The van der Waals surface area contributed by atoms with Crippen LogP contribution in [0, 0.1) is 6.92 Å². The summed E-state index contributed by atoms with van der Waals surface area (Å²) >= 11 is 3.77. The summed E-state index contributed by atoms with van der Waals surface area (Å²) < 4.78 is 5.45. The third kappa shape index (κ3) is 2.94. The lowest BCUT2D eigenvalue weighted by atomic mass is 10.0. The molecule has 18 heavy (non-hydrogen) atoms. The van der Waals surface area contributed by atoms with Crippen LogP contribution in [-0.4, -0.2) is 6.61 Å². The van der Waals surface area contributed by atoms with Crippen LogP contribution in [0.15, 0.2) is 48.5 Å². The first-order valence-electron chi connectivity index (χ1n) is 6.14. The van der Waals surface area contributed by atoms with Gasteiger partial charge in [-0.3, -0.25) is 0 Å². The van der Waals surface area contributed by atoms with Gasteiger partial charge in [0.1, 0.15) is 5.75 Å². The minimum Gasteiger partial charge on any atom is -0.494 e. The molecule has 0 radical (unpaired) electrons. The van der Waals surface area contributed by atoms with Crippen molar-refractivity contribution in [3.63, 3.8) is 0 Å². The van der Waals surface area contributed by atoms with E-state index < -0.39 is 0 Å². The Labute approximate surface area is 117 Å². The Morgan fingerprint density at radius 2 is 1.72 bits per heavy atom. The van der Waals surface area contributed by atoms with E-state index >= 15 is 0 Å². The Bertz CT molecular complexity index is 505. The van der Waals surface area contributed by atoms with Crippen molar-refractivity contribution in [1.82, 2.24) is 0 Å². The number of hydrogen-bond donors (Lipinski definition) is 0. The Hall–Kier alpha value is -1.28. The van der Waals surface area contributed by atoms with Crippen LogP contribution in [0.2, 0.25) is 0 Å². The highest BCUT2D eigenvalue weighted by Gasteiger charge is 2.12. The molecular formula is C16H17BrO. The Morgan fingerprint density at radius 1 is 1.06 bits per heavy atom. The van der Waals surface area contributed by atoms with E-state index in [0.29, 0.717) is 6.61 Å². The van der Waals surface area contributed by atoms with Crippen molar-refractivity contribution in [3.05, 3.63) is 65.2 Å². The Balaban J connectivity index is 2.23. The zero-order valence-electron chi connectivity index (χ0n) is 10.7. The van der Waals surface area contributed by atoms with Gasteiger partial charge in [-0.1, -0.05) is 52.3 Å². The minimum absolute atomic E-state index is 0.231. The number of benzene rings is 2. The van der Waals surface area contributed by atoms with E-state index in [1.165, 1.54) is 16.7 Å². The summed E-state index contributed by atoms with van der Waals surface area (Å²) in [6.07, 6.45) is 0. The minimum atomic E-state index is 0.231. The summed E-state index contributed by atoms with van der Waals surface area (Å²) in [5.41, 5.74) is 3.85. The van der Waals surface area contributed by atoms with Crippen LogP contribution in [-0.2, 0) is 0 Å². The molecule has 0 spiro atoms. The molecule has 0 fully saturated rings. The molecule has 0 aliphatic carbocycles. The molecule has 0 aliphatic rings. The van der Waals surface area contributed by atoms with Gasteiger partial charge in [0.15, 0.2) is 0 Å². The van der Waals surface area contributed by atoms with Crippen molar-refractivity contribution in [2.24, 2.45) is 0 Å². The predicted molar refractivity (Wildman–Crippen MR) is 79.6 cm³/mol. The summed E-state index contributed by atoms with van der Waals surface area (Å²) in [4.78, 5) is 0.231. The molecule has 2 aromatic rings. The molecule has 0 saturated heterocycles. The quantitative estimate of drug-likeness (QED) is 0.732. The van der Waals surface area contributed by atoms with Crippen LogP contribution in [0.5, 0.6) is 5.75 Å². The first-order valence-corrected chi connectivity index (χ1v) is 7.06. The smallest absolute Gasteiger partial charge is 0.119 e. The zero-order valence-corrected chi connectivity index (χ0v) is 12.3. The topological polar surface area (TPSA) is 9.23 Å². The van der Waals surface area contributed by atoms with Gasteiger partial charge in [0.25, 0.3) is 0 Å². The zero-order chi connectivity index (χ0) is 13.0. The molecule has 0 saturated carbocycles. The summed E-state index contributed by atoms with van der Waals surface area (Å²) in [5.74, 6) is 0.922. The van der Waals surface area contributed by atoms with Gasteiger partial charge in [0.05, 0.1) is 11.4 Å². The van der Waals surface area contributed by atoms with E-state index in [0.717, 1.165) is 5.75 Å². The predicted octanol–water partition coefficient (Wildman–Crippen LogP) is 4.88. The monoisotopic (exact) mass is 304 g/mol. The van der Waals surface area contributed by atoms with Gasteiger partial charge in [-0.2, -0.15) is 0 Å². The van der Waals surface area contributed by atoms with E-state index in [-0.39, 0.29) is 4.83 Å². The third-order valence-electron chi connectivity index (χ3n) is 2.95. The third-order valence-corrected chi connectivity index (χ3v) is 3.97. The molecule has 94 valence electrons. The SMILES string of the molecule is CCOc1ccc(C(Br)c2ccccc2C)cc1. The molecule has 1 nitrogen and oxygen atoms in total. The van der Waals surface area contributed by atoms with Gasteiger partial charge in [-0.05, 0) is 42.7 Å². The first-order chi connectivity index (χ1) is 8.72. The number of rotatable bonds is 4. The fourth-order valence-electron chi connectivity index (χ4n) is 1.95. The Morgan fingerprint density at radius 3 is 2.33 bits per heavy atom. The van der Waals surface area contributed by atoms with Crippen LogP contribution in [0.1, 0.15) is 28.4 Å². The lowest BCUT2D eigenvalue weighted by Gasteiger charge is -2.14. The van der Waals surface area contributed by atoms with Gasteiger partial charge < -0.3 is 4.74 Å². The molecule has 2 aromatic carbocycles. The maximum Gasteiger partial charge on any atom is 0.119 e. The van der Waals surface area contributed by atoms with Crippen molar-refractivity contribution in [2.45, 2.75) is 18.7 Å². The van der Waals surface area contributed by atoms with Crippen molar-refractivity contribution >= 4 is 15.9 Å². The normalized spacial score (nSPS) is 12.2. The number of ether oxygens (including phenoxy) is 1. The summed E-state index contributed by atoms with van der Waals surface area (Å²) in [6.45, 7) is 4.83. The summed E-state index contributed by atoms with van der Waals surface area (Å²) in [5, 5.41) is 0. The average molecular weight is 305 g/mol. The van der Waals surface area contributed by atoms with E-state index in [1.807, 2.05) is 19.1 Å². The molecule has 0 amide bonds. The highest BCUT2D eigenvalue weighted by Crippen LogP contribution is 2.33. The molecule has 2 rings (SSSR count). The maximum atomic E-state index is 5.45. The van der Waals surface area contributed by atoms with Gasteiger partial charge in [-0.25, -0.2) is 0 Å². The lowest BCUT2D eigenvalue weighted by Crippen LogP contribution is -1.96. The van der Waals surface area contributed by atoms with E-state index in [9.17, 15) is 0 Å². The highest BCUT2D eigenvalue weighted by molar-refractivity contribution is 9.09. The van der Waals surface area contributed by atoms with E-state index in [1.54, 1.807) is 0 Å². The summed E-state index contributed by atoms with van der Waals surface area (Å²) in [7, 11) is 0. The maximum absolute atomic E-state index is 5.45. The second-order valence-electron chi connectivity index (χ2n) is 4.22. The van der Waals surface area contributed by atoms with Gasteiger partial charge in [0, 0.05) is 0 Å². The van der Waals surface area contributed by atoms with Gasteiger partial charge in [0.2, 0.25) is 0 Å². The van der Waals surface area contributed by atoms with Crippen molar-refractivity contribution in [2.75, 3.05) is 6.61 Å². The van der Waals surface area contributed by atoms with Crippen LogP contribution in [0.25, 0.3) is 0 Å². The van der Waals surface area contributed by atoms with Crippen LogP contribution < -0.4 is 4.74 Å². The number of alkyl halides is 1. The Kier molecular flexibility index (Phi) is 4.43. The lowest BCUT2D eigenvalue weighted by molar-refractivity contribution is 0.340. The van der Waals surface area contributed by atoms with Crippen LogP contribution in [0.3, 0.4) is 0 Å². The molecule has 1 atom stereocenters. The second kappa shape index (κ2) is 6.05. The summed E-state index contributed by atoms with van der Waals surface area (Å²) in [6, 6.07) is 16.7. The van der Waals surface area contributed by atoms with Crippen molar-refractivity contribution in [3.8, 4) is 5.75 Å². The van der Waals surface area contributed by atoms with Crippen molar-refractivity contribution in [1.29, 1.82) is 0 Å². The molecule has 1 unspecified atom stereocenters. The van der Waals surface area contributed by atoms with E-state index in [4.69, 9.17) is 4.74 Å². The largest absolute Gasteiger partial charge is 0.494 e. The van der Waals surface area contributed by atoms with Gasteiger partial charge >= 0.3 is 0 Å². The number of aryl methyl sites for hydroxylation is 1. The first kappa shape index (κ1) is 13.2. The fourth-order valence-corrected chi connectivity index (χ4v) is 2.77. The molecular weight excluding hydrogens is 288 g/mol. The standard InChI is InChI=1S/C16H17BrO/c1-3-18-14-10-8-13(9-11-14)16(17)15-7-5-4-6-12(15)2/h4-11,16H,3H2,1-2H3. The van der Waals surface area contributed by atoms with Gasteiger partial charge in [-0.15, -0.1) is 0 Å². The molecule has 0 bridgehead atoms. The average Bonchev–Trinajstić information content (AvgIpc) is 2.40. The highest BCUT2D eigenvalue weighted by atomic mass is 79.9. The van der Waals surface area contributed by atoms with Crippen LogP contribution in [0.4, 0.5) is 0 Å². The molecule has 0 heterocycles. The second-order valence-corrected chi connectivity index (χ2v) is 5.14. The molecule has 2 heteroatoms. The van der Waals surface area contributed by atoms with Crippen molar-refractivity contribution < 1.29 is 4.74 Å². The molecule has 0 N–H and O–H groups in total. The fraction of sp³-hybridized carbons (Fsp3) is 0.250. The number of hydrogen-bond acceptors (Lipinski definition) is 1. The molecule has 0 aromatic heterocycles. The number of halogens is 1.